The number of hydrogen-bond donors (Lipinski definition) is 4. The molecule has 8 N–H and O–H groups in total. The molecule has 0 bridgehead atoms. The number of nitrogens with two attached hydrogens (primary N) is 4. The Hall–Kier alpha value is -0.240. The van der Waals surface area contributed by atoms with Crippen LogP contribution in [-0.2, 0) is 0 Å². The largest absolute Gasteiger partial charge is 0.330 e. The fraction of sp³-hybridized carbons (Fsp3) is 1.00. The molecular formula is C12H34N6. The van der Waals surface area contributed by atoms with Gasteiger partial charge in [-0.2, -0.15) is 0 Å². The fourth-order valence-corrected chi connectivity index (χ4v) is 1.39. The van der Waals surface area contributed by atoms with Crippen LogP contribution in [0.15, 0.2) is 0 Å². The van der Waals surface area contributed by atoms with Crippen LogP contribution in [0.25, 0.3) is 0 Å². The molecule has 0 aromatic carbocycles. The van der Waals surface area contributed by atoms with E-state index >= 15 is 0 Å². The summed E-state index contributed by atoms with van der Waals surface area (Å²) in [6, 6.07) is 0. The molecule has 0 aliphatic heterocycles. The van der Waals surface area contributed by atoms with Crippen LogP contribution in [0.2, 0.25) is 0 Å². The van der Waals surface area contributed by atoms with Gasteiger partial charge in [0.2, 0.25) is 0 Å². The van der Waals surface area contributed by atoms with Crippen LogP contribution in [0.4, 0.5) is 0 Å². The average Bonchev–Trinajstić information content (AvgIpc) is 2.35. The number of hydrogen-bond acceptors (Lipinski definition) is 6. The highest BCUT2D eigenvalue weighted by Gasteiger charge is 1.94. The molecule has 0 aromatic heterocycles. The molecule has 112 valence electrons. The minimum absolute atomic E-state index is 0.719. The van der Waals surface area contributed by atoms with Gasteiger partial charge in [0.25, 0.3) is 0 Å². The molecule has 0 spiro atoms. The van der Waals surface area contributed by atoms with Crippen LogP contribution in [0, 0.1) is 0 Å². The highest BCUT2D eigenvalue weighted by atomic mass is 15.1. The second-order valence-electron chi connectivity index (χ2n) is 4.47. The lowest BCUT2D eigenvalue weighted by molar-refractivity contribution is 0.329. The second-order valence-corrected chi connectivity index (χ2v) is 4.47. The Labute approximate surface area is 113 Å². The van der Waals surface area contributed by atoms with E-state index in [9.17, 15) is 0 Å². The van der Waals surface area contributed by atoms with Crippen molar-refractivity contribution >= 4 is 0 Å². The van der Waals surface area contributed by atoms with Gasteiger partial charge in [0, 0.05) is 26.2 Å². The van der Waals surface area contributed by atoms with E-state index in [-0.39, 0.29) is 0 Å². The van der Waals surface area contributed by atoms with Gasteiger partial charge in [-0.05, 0) is 53.1 Å². The summed E-state index contributed by atoms with van der Waals surface area (Å²) >= 11 is 0. The highest BCUT2D eigenvalue weighted by Crippen LogP contribution is 1.87. The summed E-state index contributed by atoms with van der Waals surface area (Å²) in [5, 5.41) is 0. The van der Waals surface area contributed by atoms with Crippen LogP contribution < -0.4 is 22.9 Å². The third-order valence-corrected chi connectivity index (χ3v) is 2.51. The Morgan fingerprint density at radius 3 is 1.17 bits per heavy atom. The number of rotatable bonds is 10. The van der Waals surface area contributed by atoms with Gasteiger partial charge in [-0.25, -0.2) is 0 Å². The predicted molar refractivity (Wildman–Crippen MR) is 80.4 cm³/mol. The number of nitrogens with zero attached hydrogens (tertiary/aromatic N) is 2. The molecule has 0 rings (SSSR count). The molecule has 0 aliphatic carbocycles. The van der Waals surface area contributed by atoms with Gasteiger partial charge in [0.15, 0.2) is 0 Å². The fourth-order valence-electron chi connectivity index (χ4n) is 1.39. The Balaban J connectivity index is 0. The SMILES string of the molecule is CN(CCCN)CCCN.CN(CCN)CCN. The van der Waals surface area contributed by atoms with Crippen molar-refractivity contribution in [2.45, 2.75) is 12.8 Å². The monoisotopic (exact) mass is 262 g/mol. The minimum Gasteiger partial charge on any atom is -0.330 e. The highest BCUT2D eigenvalue weighted by molar-refractivity contribution is 4.52. The summed E-state index contributed by atoms with van der Waals surface area (Å²) in [6.07, 6.45) is 2.17. The van der Waals surface area contributed by atoms with E-state index in [1.165, 1.54) is 0 Å². The molecule has 0 unspecified atom stereocenters. The van der Waals surface area contributed by atoms with E-state index in [0.29, 0.717) is 0 Å². The van der Waals surface area contributed by atoms with Crippen LogP contribution in [-0.4, -0.2) is 76.3 Å². The molecule has 0 atom stereocenters. The first-order valence-electron chi connectivity index (χ1n) is 6.79. The van der Waals surface area contributed by atoms with Gasteiger partial charge in [0.1, 0.15) is 0 Å². The molecule has 6 nitrogen and oxygen atoms in total. The molecule has 0 aliphatic rings. The Bertz CT molecular complexity index is 131. The van der Waals surface area contributed by atoms with Crippen molar-refractivity contribution in [1.29, 1.82) is 0 Å². The zero-order valence-electron chi connectivity index (χ0n) is 12.3. The summed E-state index contributed by atoms with van der Waals surface area (Å²) in [4.78, 5) is 4.37. The summed E-state index contributed by atoms with van der Waals surface area (Å²) < 4.78 is 0. The molecule has 0 fully saturated rings. The predicted octanol–water partition coefficient (Wildman–Crippen LogP) is -1.55. The molecule has 0 amide bonds. The molecule has 0 saturated carbocycles. The maximum atomic E-state index is 5.35. The van der Waals surface area contributed by atoms with Crippen molar-refractivity contribution in [3.05, 3.63) is 0 Å². The first kappa shape index (κ1) is 20.1. The molecule has 6 heteroatoms. The normalized spacial score (nSPS) is 10.7. The first-order chi connectivity index (χ1) is 8.62. The maximum Gasteiger partial charge on any atom is 0.0102 e. The van der Waals surface area contributed by atoms with Gasteiger partial charge >= 0.3 is 0 Å². The lowest BCUT2D eigenvalue weighted by atomic mass is 10.3. The van der Waals surface area contributed by atoms with Crippen LogP contribution in [0.3, 0.4) is 0 Å². The van der Waals surface area contributed by atoms with Gasteiger partial charge < -0.3 is 32.7 Å². The van der Waals surface area contributed by atoms with Gasteiger partial charge in [-0.3, -0.25) is 0 Å². The van der Waals surface area contributed by atoms with E-state index < -0.39 is 0 Å². The minimum atomic E-state index is 0.719. The Morgan fingerprint density at radius 1 is 0.556 bits per heavy atom. The third kappa shape index (κ3) is 18.1. The molecule has 0 saturated heterocycles. The van der Waals surface area contributed by atoms with E-state index in [1.807, 2.05) is 7.05 Å². The molecular weight excluding hydrogens is 228 g/mol. The van der Waals surface area contributed by atoms with Crippen LogP contribution >= 0.6 is 0 Å². The van der Waals surface area contributed by atoms with E-state index in [0.717, 1.165) is 65.2 Å². The van der Waals surface area contributed by atoms with Crippen molar-refractivity contribution < 1.29 is 0 Å². The molecule has 0 aromatic rings. The van der Waals surface area contributed by atoms with Gasteiger partial charge in [0.05, 0.1) is 0 Å². The zero-order chi connectivity index (χ0) is 14.2. The Morgan fingerprint density at radius 2 is 0.889 bits per heavy atom. The smallest absolute Gasteiger partial charge is 0.0102 e. The standard InChI is InChI=1S/C7H19N3.C5H15N3/c1-10(6-2-4-8)7-3-5-9;1-8(4-2-6)5-3-7/h2-9H2,1H3;2-7H2,1H3. The van der Waals surface area contributed by atoms with Crippen molar-refractivity contribution in [2.75, 3.05) is 66.5 Å². The van der Waals surface area contributed by atoms with Crippen LogP contribution in [0.5, 0.6) is 0 Å². The summed E-state index contributed by atoms with van der Waals surface area (Å²) in [7, 11) is 4.12. The second kappa shape index (κ2) is 16.8. The van der Waals surface area contributed by atoms with Crippen molar-refractivity contribution in [1.82, 2.24) is 9.80 Å². The lowest BCUT2D eigenvalue weighted by Gasteiger charge is -2.14. The van der Waals surface area contributed by atoms with Crippen molar-refractivity contribution in [2.24, 2.45) is 22.9 Å². The zero-order valence-corrected chi connectivity index (χ0v) is 12.3. The molecule has 0 radical (unpaired) electrons. The quantitative estimate of drug-likeness (QED) is 0.379. The topological polar surface area (TPSA) is 111 Å². The van der Waals surface area contributed by atoms with E-state index in [4.69, 9.17) is 22.9 Å². The van der Waals surface area contributed by atoms with E-state index in [1.54, 1.807) is 0 Å². The number of likely N-dealkylation sites (N-methyl/N-ethyl adjacent to an activating group) is 1. The maximum absolute atomic E-state index is 5.35. The first-order valence-corrected chi connectivity index (χ1v) is 6.79. The summed E-state index contributed by atoms with van der Waals surface area (Å²) in [5.41, 5.74) is 21.3. The third-order valence-electron chi connectivity index (χ3n) is 2.51. The lowest BCUT2D eigenvalue weighted by Crippen LogP contribution is -2.30. The van der Waals surface area contributed by atoms with Gasteiger partial charge in [-0.1, -0.05) is 0 Å². The summed E-state index contributed by atoms with van der Waals surface area (Å²) in [6.45, 7) is 7.08. The Kier molecular flexibility index (Phi) is 18.7. The van der Waals surface area contributed by atoms with Crippen molar-refractivity contribution in [3.8, 4) is 0 Å². The average molecular weight is 262 g/mol. The van der Waals surface area contributed by atoms with E-state index in [2.05, 4.69) is 16.8 Å². The van der Waals surface area contributed by atoms with Crippen LogP contribution in [0.1, 0.15) is 12.8 Å². The van der Waals surface area contributed by atoms with Crippen molar-refractivity contribution in [3.63, 3.8) is 0 Å². The van der Waals surface area contributed by atoms with Gasteiger partial charge in [-0.15, -0.1) is 0 Å². The molecule has 0 heterocycles. The molecule has 18 heavy (non-hydrogen) atoms. The summed E-state index contributed by atoms with van der Waals surface area (Å²) in [5.74, 6) is 0.